The summed E-state index contributed by atoms with van der Waals surface area (Å²) in [6, 6.07) is 4.88. The molecule has 0 bridgehead atoms. The molecule has 32 heavy (non-hydrogen) atoms. The van der Waals surface area contributed by atoms with Gasteiger partial charge in [0.2, 0.25) is 15.9 Å². The molecular weight excluding hydrogens is 437 g/mol. The van der Waals surface area contributed by atoms with Gasteiger partial charge in [0.1, 0.15) is 5.82 Å². The largest absolute Gasteiger partial charge is 0.323 e. The number of piperidine rings is 1. The smallest absolute Gasteiger partial charge is 0.271 e. The van der Waals surface area contributed by atoms with Crippen LogP contribution in [0.3, 0.4) is 0 Å². The minimum atomic E-state index is -3.73. The van der Waals surface area contributed by atoms with Gasteiger partial charge in [-0.2, -0.15) is 4.31 Å². The normalized spacial score (nSPS) is 15.5. The van der Waals surface area contributed by atoms with Crippen LogP contribution in [0.1, 0.15) is 35.1 Å². The van der Waals surface area contributed by atoms with Crippen LogP contribution >= 0.6 is 0 Å². The molecule has 172 valence electrons. The Balaban J connectivity index is 1.74. The SMILES string of the molecule is Cc1cc(C)c(C)c(S(=O)(=O)N2CCC(C(=O)Nc3cc([N+](=O)[O-])ccc3F)CC2)c1C. The monoisotopic (exact) mass is 463 g/mol. The standard InChI is InChI=1S/C22H26FN3O5S/c1-13-11-14(2)16(4)21(15(13)3)32(30,31)25-9-7-17(8-10-25)22(27)24-20-12-18(26(28)29)5-6-19(20)23/h5-6,11-12,17H,7-10H2,1-4H3,(H,24,27). The molecule has 3 rings (SSSR count). The van der Waals surface area contributed by atoms with Crippen molar-refractivity contribution in [1.29, 1.82) is 0 Å². The van der Waals surface area contributed by atoms with Gasteiger partial charge in [-0.3, -0.25) is 14.9 Å². The number of rotatable bonds is 5. The van der Waals surface area contributed by atoms with E-state index in [0.29, 0.717) is 16.0 Å². The molecule has 0 aromatic heterocycles. The molecule has 2 aromatic rings. The molecule has 1 aliphatic heterocycles. The van der Waals surface area contributed by atoms with Crippen LogP contribution in [0.25, 0.3) is 0 Å². The minimum Gasteiger partial charge on any atom is -0.323 e. The zero-order valence-corrected chi connectivity index (χ0v) is 19.3. The second kappa shape index (κ2) is 8.95. The molecule has 1 aliphatic rings. The van der Waals surface area contributed by atoms with E-state index in [9.17, 15) is 27.7 Å². The van der Waals surface area contributed by atoms with Crippen molar-refractivity contribution >= 4 is 27.3 Å². The summed E-state index contributed by atoms with van der Waals surface area (Å²) in [6.07, 6.45) is 0.537. The number of sulfonamides is 1. The minimum absolute atomic E-state index is 0.156. The Kier molecular flexibility index (Phi) is 6.66. The summed E-state index contributed by atoms with van der Waals surface area (Å²) < 4.78 is 42.1. The maximum atomic E-state index is 14.0. The molecule has 0 aliphatic carbocycles. The van der Waals surface area contributed by atoms with Gasteiger partial charge in [0, 0.05) is 31.1 Å². The Hall–Kier alpha value is -2.85. The molecule has 2 aromatic carbocycles. The van der Waals surface area contributed by atoms with E-state index < -0.39 is 32.6 Å². The summed E-state index contributed by atoms with van der Waals surface area (Å²) in [5.74, 6) is -1.79. The Bertz CT molecular complexity index is 1160. The molecule has 10 heteroatoms. The quantitative estimate of drug-likeness (QED) is 0.532. The number of amides is 1. The third-order valence-electron chi connectivity index (χ3n) is 6.14. The Labute approximate surface area is 186 Å². The summed E-state index contributed by atoms with van der Waals surface area (Å²) in [5.41, 5.74) is 2.64. The first-order valence-electron chi connectivity index (χ1n) is 10.3. The summed E-state index contributed by atoms with van der Waals surface area (Å²) in [5, 5.41) is 13.3. The highest BCUT2D eigenvalue weighted by atomic mass is 32.2. The Morgan fingerprint density at radius 3 is 2.19 bits per heavy atom. The third kappa shape index (κ3) is 4.51. The van der Waals surface area contributed by atoms with E-state index in [1.54, 1.807) is 13.8 Å². The van der Waals surface area contributed by atoms with Crippen molar-refractivity contribution in [2.24, 2.45) is 5.92 Å². The number of benzene rings is 2. The van der Waals surface area contributed by atoms with Crippen LogP contribution in [0.15, 0.2) is 29.2 Å². The number of nitro benzene ring substituents is 1. The van der Waals surface area contributed by atoms with E-state index in [-0.39, 0.29) is 37.3 Å². The molecule has 0 saturated carbocycles. The fourth-order valence-corrected chi connectivity index (χ4v) is 6.06. The molecule has 0 spiro atoms. The number of halogens is 1. The van der Waals surface area contributed by atoms with Crippen LogP contribution in [-0.4, -0.2) is 36.6 Å². The predicted octanol–water partition coefficient (Wildman–Crippen LogP) is 4.01. The van der Waals surface area contributed by atoms with Gasteiger partial charge in [0.15, 0.2) is 0 Å². The van der Waals surface area contributed by atoms with Gasteiger partial charge in [-0.25, -0.2) is 12.8 Å². The number of carbonyl (C=O) groups is 1. The molecule has 1 fully saturated rings. The molecule has 0 atom stereocenters. The van der Waals surface area contributed by atoms with Crippen molar-refractivity contribution in [2.75, 3.05) is 18.4 Å². The maximum absolute atomic E-state index is 14.0. The zero-order valence-electron chi connectivity index (χ0n) is 18.4. The highest BCUT2D eigenvalue weighted by Gasteiger charge is 2.34. The van der Waals surface area contributed by atoms with Gasteiger partial charge in [-0.05, 0) is 68.9 Å². The molecular formula is C22H26FN3O5S. The van der Waals surface area contributed by atoms with Crippen LogP contribution < -0.4 is 5.32 Å². The average molecular weight is 464 g/mol. The Morgan fingerprint density at radius 2 is 1.66 bits per heavy atom. The van der Waals surface area contributed by atoms with E-state index in [2.05, 4.69) is 5.32 Å². The fraction of sp³-hybridized carbons (Fsp3) is 0.409. The van der Waals surface area contributed by atoms with E-state index >= 15 is 0 Å². The zero-order chi connectivity index (χ0) is 23.8. The van der Waals surface area contributed by atoms with Crippen LogP contribution in [0, 0.1) is 49.5 Å². The second-order valence-electron chi connectivity index (χ2n) is 8.18. The first kappa shape index (κ1) is 23.8. The van der Waals surface area contributed by atoms with Crippen molar-refractivity contribution < 1.29 is 22.5 Å². The summed E-state index contributed by atoms with van der Waals surface area (Å²) in [6.45, 7) is 7.66. The lowest BCUT2D eigenvalue weighted by Crippen LogP contribution is -2.42. The lowest BCUT2D eigenvalue weighted by atomic mass is 9.97. The van der Waals surface area contributed by atoms with Crippen molar-refractivity contribution in [1.82, 2.24) is 4.31 Å². The number of nitro groups is 1. The highest BCUT2D eigenvalue weighted by molar-refractivity contribution is 7.89. The van der Waals surface area contributed by atoms with Crippen LogP contribution in [0.5, 0.6) is 0 Å². The maximum Gasteiger partial charge on any atom is 0.271 e. The van der Waals surface area contributed by atoms with E-state index in [0.717, 1.165) is 29.3 Å². The first-order chi connectivity index (χ1) is 14.9. The van der Waals surface area contributed by atoms with Gasteiger partial charge < -0.3 is 5.32 Å². The molecule has 0 unspecified atom stereocenters. The molecule has 1 N–H and O–H groups in total. The van der Waals surface area contributed by atoms with Crippen molar-refractivity contribution in [2.45, 2.75) is 45.4 Å². The number of aryl methyl sites for hydroxylation is 2. The van der Waals surface area contributed by atoms with Gasteiger partial charge in [0.25, 0.3) is 5.69 Å². The predicted molar refractivity (Wildman–Crippen MR) is 119 cm³/mol. The van der Waals surface area contributed by atoms with E-state index in [1.165, 1.54) is 4.31 Å². The number of hydrogen-bond acceptors (Lipinski definition) is 5. The number of nitrogens with zero attached hydrogens (tertiary/aromatic N) is 2. The molecule has 8 nitrogen and oxygen atoms in total. The molecule has 1 amide bonds. The number of nitrogens with one attached hydrogen (secondary N) is 1. The third-order valence-corrected chi connectivity index (χ3v) is 8.31. The van der Waals surface area contributed by atoms with E-state index in [4.69, 9.17) is 0 Å². The van der Waals surface area contributed by atoms with Gasteiger partial charge in [-0.15, -0.1) is 0 Å². The van der Waals surface area contributed by atoms with E-state index in [1.807, 2.05) is 19.9 Å². The lowest BCUT2D eigenvalue weighted by Gasteiger charge is -2.31. The van der Waals surface area contributed by atoms with Gasteiger partial charge in [0.05, 0.1) is 15.5 Å². The lowest BCUT2D eigenvalue weighted by molar-refractivity contribution is -0.384. The van der Waals surface area contributed by atoms with Crippen LogP contribution in [0.4, 0.5) is 15.8 Å². The molecule has 1 saturated heterocycles. The number of carbonyl (C=O) groups excluding carboxylic acids is 1. The van der Waals surface area contributed by atoms with Crippen molar-refractivity contribution in [3.8, 4) is 0 Å². The van der Waals surface area contributed by atoms with Crippen molar-refractivity contribution in [3.63, 3.8) is 0 Å². The second-order valence-corrected chi connectivity index (χ2v) is 10.1. The highest BCUT2D eigenvalue weighted by Crippen LogP contribution is 2.31. The van der Waals surface area contributed by atoms with Crippen LogP contribution in [0.2, 0.25) is 0 Å². The summed E-state index contributed by atoms with van der Waals surface area (Å²) >= 11 is 0. The van der Waals surface area contributed by atoms with Crippen LogP contribution in [-0.2, 0) is 14.8 Å². The van der Waals surface area contributed by atoms with Gasteiger partial charge in [-0.1, -0.05) is 6.07 Å². The van der Waals surface area contributed by atoms with Gasteiger partial charge >= 0.3 is 0 Å². The summed E-state index contributed by atoms with van der Waals surface area (Å²) in [7, 11) is -3.73. The molecule has 0 radical (unpaired) electrons. The number of anilines is 1. The molecule has 1 heterocycles. The number of hydrogen-bond donors (Lipinski definition) is 1. The average Bonchev–Trinajstić information content (AvgIpc) is 2.73. The Morgan fingerprint density at radius 1 is 1.09 bits per heavy atom. The topological polar surface area (TPSA) is 110 Å². The fourth-order valence-electron chi connectivity index (χ4n) is 4.01. The first-order valence-corrected chi connectivity index (χ1v) is 11.7. The van der Waals surface area contributed by atoms with Crippen molar-refractivity contribution in [3.05, 3.63) is 62.5 Å². The number of non-ortho nitro benzene ring substituents is 1. The summed E-state index contributed by atoms with van der Waals surface area (Å²) in [4.78, 5) is 23.2.